The van der Waals surface area contributed by atoms with Crippen molar-refractivity contribution >= 4 is 40.0 Å². The van der Waals surface area contributed by atoms with Crippen LogP contribution in [0.25, 0.3) is 10.8 Å². The summed E-state index contributed by atoms with van der Waals surface area (Å²) in [5, 5.41) is 13.1. The molecule has 232 valence electrons. The fourth-order valence-corrected chi connectivity index (χ4v) is 6.76. The first-order valence-electron chi connectivity index (χ1n) is 15.2. The molecule has 3 aliphatic rings. The third-order valence-corrected chi connectivity index (χ3v) is 9.10. The standard InChI is InChI=1S/C35H31FN6O4/c1-46-30-16-22(18-37)19-38-33(30)41-13-11-40(12-14-41)20-21-5-6-24(27(36)15-21)17-23-7-8-28-32-25(23)3-2-4-26(32)35(45)42(28)29-9-10-31(43)39-34(29)44/h2-8,15-16,19,29H,9-14,17,20H2,1H3,(H,39,43,44). The van der Waals surface area contributed by atoms with Gasteiger partial charge in [0.05, 0.1) is 18.4 Å². The van der Waals surface area contributed by atoms with E-state index in [1.165, 1.54) is 4.90 Å². The Labute approximate surface area is 265 Å². The van der Waals surface area contributed by atoms with Crippen LogP contribution in [-0.2, 0) is 22.6 Å². The van der Waals surface area contributed by atoms with Gasteiger partial charge in [-0.15, -0.1) is 0 Å². The van der Waals surface area contributed by atoms with Crippen molar-refractivity contribution in [2.45, 2.75) is 31.8 Å². The molecule has 1 aromatic heterocycles. The van der Waals surface area contributed by atoms with Gasteiger partial charge in [0.15, 0.2) is 11.6 Å². The molecule has 1 unspecified atom stereocenters. The fourth-order valence-electron chi connectivity index (χ4n) is 6.76. The van der Waals surface area contributed by atoms with Crippen molar-refractivity contribution in [2.75, 3.05) is 43.1 Å². The van der Waals surface area contributed by atoms with E-state index in [9.17, 15) is 14.4 Å². The molecule has 46 heavy (non-hydrogen) atoms. The van der Waals surface area contributed by atoms with Crippen LogP contribution in [0, 0.1) is 17.1 Å². The monoisotopic (exact) mass is 618 g/mol. The van der Waals surface area contributed by atoms with Crippen LogP contribution in [0.1, 0.15) is 45.5 Å². The number of aromatic nitrogens is 1. The molecule has 2 saturated heterocycles. The first-order valence-corrected chi connectivity index (χ1v) is 15.2. The summed E-state index contributed by atoms with van der Waals surface area (Å²) in [5.41, 5.74) is 3.91. The highest BCUT2D eigenvalue weighted by Crippen LogP contribution is 2.41. The average Bonchev–Trinajstić information content (AvgIpc) is 3.35. The fraction of sp³-hybridized carbons (Fsp3) is 0.286. The number of pyridine rings is 1. The third-order valence-electron chi connectivity index (χ3n) is 9.10. The number of piperidine rings is 1. The van der Waals surface area contributed by atoms with E-state index in [2.05, 4.69) is 26.2 Å². The van der Waals surface area contributed by atoms with E-state index in [0.717, 1.165) is 48.1 Å². The lowest BCUT2D eigenvalue weighted by atomic mass is 9.95. The minimum Gasteiger partial charge on any atom is -0.493 e. The van der Waals surface area contributed by atoms with E-state index in [1.54, 1.807) is 31.5 Å². The second kappa shape index (κ2) is 11.9. The van der Waals surface area contributed by atoms with Gasteiger partial charge in [0.2, 0.25) is 11.8 Å². The molecule has 0 radical (unpaired) electrons. The molecular formula is C35H31FN6O4. The summed E-state index contributed by atoms with van der Waals surface area (Å²) in [6.07, 6.45) is 2.34. The lowest BCUT2D eigenvalue weighted by Crippen LogP contribution is -2.53. The van der Waals surface area contributed by atoms with Gasteiger partial charge in [-0.05, 0) is 46.7 Å². The molecule has 0 bridgehead atoms. The van der Waals surface area contributed by atoms with Crippen molar-refractivity contribution in [3.8, 4) is 11.8 Å². The predicted molar refractivity (Wildman–Crippen MR) is 169 cm³/mol. The normalized spacial score (nSPS) is 18.2. The van der Waals surface area contributed by atoms with Crippen molar-refractivity contribution in [2.24, 2.45) is 0 Å². The number of nitrogens with zero attached hydrogens (tertiary/aromatic N) is 5. The molecule has 7 rings (SSSR count). The molecule has 3 amide bonds. The summed E-state index contributed by atoms with van der Waals surface area (Å²) in [6, 6.07) is 17.6. The zero-order valence-corrected chi connectivity index (χ0v) is 25.3. The second-order valence-electron chi connectivity index (χ2n) is 11.8. The van der Waals surface area contributed by atoms with E-state index in [4.69, 9.17) is 10.00 Å². The number of hydrogen-bond acceptors (Lipinski definition) is 8. The quantitative estimate of drug-likeness (QED) is 0.310. The Kier molecular flexibility index (Phi) is 7.58. The van der Waals surface area contributed by atoms with Crippen molar-refractivity contribution in [1.82, 2.24) is 15.2 Å². The first kappa shape index (κ1) is 29.4. The average molecular weight is 619 g/mol. The summed E-state index contributed by atoms with van der Waals surface area (Å²) >= 11 is 0. The summed E-state index contributed by atoms with van der Waals surface area (Å²) in [4.78, 5) is 48.1. The van der Waals surface area contributed by atoms with Gasteiger partial charge in [-0.2, -0.15) is 5.26 Å². The van der Waals surface area contributed by atoms with Crippen LogP contribution in [0.5, 0.6) is 5.75 Å². The van der Waals surface area contributed by atoms with Crippen LogP contribution in [0.15, 0.2) is 60.8 Å². The van der Waals surface area contributed by atoms with Crippen molar-refractivity contribution in [3.63, 3.8) is 0 Å². The molecule has 10 nitrogen and oxygen atoms in total. The van der Waals surface area contributed by atoms with Crippen molar-refractivity contribution in [3.05, 3.63) is 94.4 Å². The zero-order valence-electron chi connectivity index (χ0n) is 25.3. The maximum absolute atomic E-state index is 15.5. The van der Waals surface area contributed by atoms with Gasteiger partial charge in [-0.25, -0.2) is 9.37 Å². The van der Waals surface area contributed by atoms with Crippen LogP contribution < -0.4 is 19.9 Å². The number of benzene rings is 3. The summed E-state index contributed by atoms with van der Waals surface area (Å²) < 4.78 is 21.0. The second-order valence-corrected chi connectivity index (χ2v) is 11.8. The third kappa shape index (κ3) is 5.20. The van der Waals surface area contributed by atoms with Crippen LogP contribution in [0.3, 0.4) is 0 Å². The van der Waals surface area contributed by atoms with Crippen molar-refractivity contribution in [1.29, 1.82) is 5.26 Å². The number of hydrogen-bond donors (Lipinski definition) is 1. The highest BCUT2D eigenvalue weighted by Gasteiger charge is 2.40. The summed E-state index contributed by atoms with van der Waals surface area (Å²) in [5.74, 6) is -0.0682. The van der Waals surface area contributed by atoms with E-state index >= 15 is 4.39 Å². The SMILES string of the molecule is COc1cc(C#N)cnc1N1CCN(Cc2ccc(Cc3ccc4c5c(cccc35)C(=O)N4C3CCC(=O)NC3=O)c(F)c2)CC1. The number of piperazine rings is 1. The number of amides is 3. The molecule has 4 heterocycles. The van der Waals surface area contributed by atoms with E-state index in [-0.39, 0.29) is 30.5 Å². The number of ether oxygens (including phenoxy) is 1. The molecule has 3 aliphatic heterocycles. The minimum atomic E-state index is -0.755. The molecule has 1 N–H and O–H groups in total. The molecule has 0 spiro atoms. The van der Waals surface area contributed by atoms with Crippen LogP contribution in [0.2, 0.25) is 0 Å². The predicted octanol–water partition coefficient (Wildman–Crippen LogP) is 3.93. The summed E-state index contributed by atoms with van der Waals surface area (Å²) in [7, 11) is 1.57. The molecule has 11 heteroatoms. The Bertz CT molecular complexity index is 1950. The number of imide groups is 1. The van der Waals surface area contributed by atoms with Crippen LogP contribution >= 0.6 is 0 Å². The lowest BCUT2D eigenvalue weighted by molar-refractivity contribution is -0.134. The zero-order chi connectivity index (χ0) is 31.9. The smallest absolute Gasteiger partial charge is 0.259 e. The molecule has 0 saturated carbocycles. The van der Waals surface area contributed by atoms with Gasteiger partial charge < -0.3 is 9.64 Å². The lowest BCUT2D eigenvalue weighted by Gasteiger charge is -2.35. The number of halogens is 1. The molecule has 4 aromatic rings. The number of methoxy groups -OCH3 is 1. The highest BCUT2D eigenvalue weighted by molar-refractivity contribution is 6.27. The minimum absolute atomic E-state index is 0.175. The van der Waals surface area contributed by atoms with Gasteiger partial charge in [-0.3, -0.25) is 29.5 Å². The Morgan fingerprint density at radius 2 is 1.85 bits per heavy atom. The van der Waals surface area contributed by atoms with Gasteiger partial charge in [0, 0.05) is 68.8 Å². The van der Waals surface area contributed by atoms with Crippen molar-refractivity contribution < 1.29 is 23.5 Å². The van der Waals surface area contributed by atoms with Gasteiger partial charge in [0.25, 0.3) is 5.91 Å². The number of carbonyl (C=O) groups excluding carboxylic acids is 3. The largest absolute Gasteiger partial charge is 0.493 e. The first-order chi connectivity index (χ1) is 22.3. The molecule has 2 fully saturated rings. The molecule has 1 atom stereocenters. The molecule has 0 aliphatic carbocycles. The van der Waals surface area contributed by atoms with Crippen LogP contribution in [-0.4, -0.2) is 66.9 Å². The van der Waals surface area contributed by atoms with Crippen LogP contribution in [0.4, 0.5) is 15.9 Å². The molecular weight excluding hydrogens is 587 g/mol. The Hall–Kier alpha value is -5.34. The number of rotatable bonds is 7. The van der Waals surface area contributed by atoms with Gasteiger partial charge in [-0.1, -0.05) is 30.3 Å². The topological polar surface area (TPSA) is 119 Å². The van der Waals surface area contributed by atoms with Gasteiger partial charge >= 0.3 is 0 Å². The Morgan fingerprint density at radius 1 is 1.04 bits per heavy atom. The Balaban J connectivity index is 1.05. The van der Waals surface area contributed by atoms with Gasteiger partial charge in [0.1, 0.15) is 17.9 Å². The van der Waals surface area contributed by atoms with E-state index in [0.29, 0.717) is 46.9 Å². The number of anilines is 2. The highest BCUT2D eigenvalue weighted by atomic mass is 19.1. The maximum atomic E-state index is 15.5. The van der Waals surface area contributed by atoms with E-state index in [1.807, 2.05) is 36.4 Å². The Morgan fingerprint density at radius 3 is 2.59 bits per heavy atom. The maximum Gasteiger partial charge on any atom is 0.259 e. The number of nitrogens with one attached hydrogen (secondary N) is 1. The molecule has 3 aromatic carbocycles. The summed E-state index contributed by atoms with van der Waals surface area (Å²) in [6.45, 7) is 3.60. The van der Waals surface area contributed by atoms with E-state index < -0.39 is 11.9 Å². The number of nitriles is 1. The number of carbonyl (C=O) groups is 3.